The lowest BCUT2D eigenvalue weighted by atomic mass is 9.85. The van der Waals surface area contributed by atoms with Crippen LogP contribution in [0.1, 0.15) is 30.4 Å². The maximum atomic E-state index is 6.16. The summed E-state index contributed by atoms with van der Waals surface area (Å²) in [6, 6.07) is 8.82. The van der Waals surface area contributed by atoms with Gasteiger partial charge in [0.2, 0.25) is 0 Å². The lowest BCUT2D eigenvalue weighted by Crippen LogP contribution is -2.55. The zero-order valence-corrected chi connectivity index (χ0v) is 11.6. The van der Waals surface area contributed by atoms with Crippen LogP contribution >= 0.6 is 0 Å². The van der Waals surface area contributed by atoms with Crippen LogP contribution in [0.15, 0.2) is 24.3 Å². The van der Waals surface area contributed by atoms with Crippen molar-refractivity contribution in [2.24, 2.45) is 5.73 Å². The van der Waals surface area contributed by atoms with E-state index in [-0.39, 0.29) is 5.54 Å². The van der Waals surface area contributed by atoms with Gasteiger partial charge in [0.15, 0.2) is 0 Å². The molecule has 0 amide bonds. The first kappa shape index (κ1) is 13.1. The largest absolute Gasteiger partial charge is 0.381 e. The molecule has 2 N–H and O–H groups in total. The number of benzene rings is 1. The molecular formula is C16H24N2O. The number of ether oxygens (including phenoxy) is 1. The lowest BCUT2D eigenvalue weighted by Gasteiger charge is -2.45. The van der Waals surface area contributed by atoms with Crippen LogP contribution in [0, 0.1) is 0 Å². The average molecular weight is 260 g/mol. The molecule has 2 heterocycles. The number of hydrogen-bond donors (Lipinski definition) is 1. The summed E-state index contributed by atoms with van der Waals surface area (Å²) in [6.07, 6.45) is 4.53. The van der Waals surface area contributed by atoms with E-state index in [1.54, 1.807) is 0 Å². The molecule has 0 saturated carbocycles. The molecule has 0 bridgehead atoms. The fourth-order valence-corrected chi connectivity index (χ4v) is 3.54. The van der Waals surface area contributed by atoms with Gasteiger partial charge in [-0.1, -0.05) is 24.3 Å². The fraction of sp³-hybridized carbons (Fsp3) is 0.625. The van der Waals surface area contributed by atoms with Gasteiger partial charge in [0.25, 0.3) is 0 Å². The van der Waals surface area contributed by atoms with Gasteiger partial charge in [-0.15, -0.1) is 0 Å². The zero-order valence-electron chi connectivity index (χ0n) is 11.6. The molecule has 1 aromatic carbocycles. The van der Waals surface area contributed by atoms with E-state index >= 15 is 0 Å². The van der Waals surface area contributed by atoms with E-state index in [4.69, 9.17) is 10.5 Å². The first-order chi connectivity index (χ1) is 9.34. The molecule has 3 heteroatoms. The van der Waals surface area contributed by atoms with Crippen LogP contribution in [0.4, 0.5) is 0 Å². The Hall–Kier alpha value is -0.900. The number of rotatable bonds is 2. The monoisotopic (exact) mass is 260 g/mol. The maximum Gasteiger partial charge on any atom is 0.0484 e. The second-order valence-corrected chi connectivity index (χ2v) is 5.83. The summed E-state index contributed by atoms with van der Waals surface area (Å²) in [4.78, 5) is 2.62. The van der Waals surface area contributed by atoms with Gasteiger partial charge in [-0.25, -0.2) is 0 Å². The van der Waals surface area contributed by atoms with Gasteiger partial charge in [0, 0.05) is 38.4 Å². The highest BCUT2D eigenvalue weighted by Gasteiger charge is 2.37. The van der Waals surface area contributed by atoms with Crippen LogP contribution in [0.25, 0.3) is 0 Å². The summed E-state index contributed by atoms with van der Waals surface area (Å²) in [7, 11) is 0. The normalized spacial score (nSPS) is 28.7. The molecule has 1 atom stereocenters. The first-order valence-electron chi connectivity index (χ1n) is 7.44. The molecule has 2 aliphatic rings. The van der Waals surface area contributed by atoms with E-state index in [1.165, 1.54) is 17.5 Å². The van der Waals surface area contributed by atoms with E-state index in [9.17, 15) is 0 Å². The van der Waals surface area contributed by atoms with Crippen molar-refractivity contribution in [3.05, 3.63) is 35.4 Å². The SMILES string of the molecule is NCC1(N2CCc3ccccc3C2)CCCOCC1. The molecule has 2 aliphatic heterocycles. The highest BCUT2D eigenvalue weighted by atomic mass is 16.5. The quantitative estimate of drug-likeness (QED) is 0.883. The van der Waals surface area contributed by atoms with Crippen molar-refractivity contribution < 1.29 is 4.74 Å². The summed E-state index contributed by atoms with van der Waals surface area (Å²) in [5.74, 6) is 0. The second-order valence-electron chi connectivity index (χ2n) is 5.83. The molecule has 3 rings (SSSR count). The Morgan fingerprint density at radius 3 is 2.84 bits per heavy atom. The van der Waals surface area contributed by atoms with Gasteiger partial charge in [-0.3, -0.25) is 4.90 Å². The van der Waals surface area contributed by atoms with Crippen LogP contribution in [0.3, 0.4) is 0 Å². The molecule has 0 aromatic heterocycles. The lowest BCUT2D eigenvalue weighted by molar-refractivity contribution is 0.0554. The van der Waals surface area contributed by atoms with Gasteiger partial charge in [-0.05, 0) is 36.8 Å². The minimum atomic E-state index is 0.157. The van der Waals surface area contributed by atoms with Gasteiger partial charge in [0.1, 0.15) is 0 Å². The standard InChI is InChI=1S/C16H24N2O/c17-13-16(7-3-10-19-11-8-16)18-9-6-14-4-1-2-5-15(14)12-18/h1-2,4-5H,3,6-13,17H2. The topological polar surface area (TPSA) is 38.5 Å². The molecule has 0 spiro atoms. The van der Waals surface area contributed by atoms with Gasteiger partial charge in [0.05, 0.1) is 0 Å². The maximum absolute atomic E-state index is 6.16. The molecule has 1 saturated heterocycles. The van der Waals surface area contributed by atoms with Crippen molar-refractivity contribution in [3.63, 3.8) is 0 Å². The Labute approximate surface area is 115 Å². The van der Waals surface area contributed by atoms with Crippen LogP contribution in [-0.4, -0.2) is 36.7 Å². The highest BCUT2D eigenvalue weighted by Crippen LogP contribution is 2.32. The minimum absolute atomic E-state index is 0.157. The van der Waals surface area contributed by atoms with E-state index in [1.807, 2.05) is 0 Å². The molecule has 104 valence electrons. The predicted octanol–water partition coefficient (Wildman–Crippen LogP) is 1.94. The zero-order chi connectivity index (χ0) is 13.1. The van der Waals surface area contributed by atoms with Crippen LogP contribution in [-0.2, 0) is 17.7 Å². The molecule has 19 heavy (non-hydrogen) atoms. The summed E-state index contributed by atoms with van der Waals surface area (Å²) >= 11 is 0. The Balaban J connectivity index is 1.81. The number of nitrogens with zero attached hydrogens (tertiary/aromatic N) is 1. The Morgan fingerprint density at radius 1 is 1.16 bits per heavy atom. The molecular weight excluding hydrogens is 236 g/mol. The fourth-order valence-electron chi connectivity index (χ4n) is 3.54. The third kappa shape index (κ3) is 2.55. The summed E-state index contributed by atoms with van der Waals surface area (Å²) in [5.41, 5.74) is 9.31. The highest BCUT2D eigenvalue weighted by molar-refractivity contribution is 5.29. The van der Waals surface area contributed by atoms with E-state index in [2.05, 4.69) is 29.2 Å². The third-order valence-electron chi connectivity index (χ3n) is 4.82. The van der Waals surface area contributed by atoms with Crippen molar-refractivity contribution in [1.29, 1.82) is 0 Å². The van der Waals surface area contributed by atoms with Crippen molar-refractivity contribution >= 4 is 0 Å². The van der Waals surface area contributed by atoms with Crippen LogP contribution in [0.5, 0.6) is 0 Å². The van der Waals surface area contributed by atoms with E-state index in [0.717, 1.165) is 52.1 Å². The summed E-state index contributed by atoms with van der Waals surface area (Å²) in [5, 5.41) is 0. The predicted molar refractivity (Wildman–Crippen MR) is 77.0 cm³/mol. The molecule has 1 unspecified atom stereocenters. The molecule has 1 aromatic rings. The number of hydrogen-bond acceptors (Lipinski definition) is 3. The Morgan fingerprint density at radius 2 is 2.00 bits per heavy atom. The summed E-state index contributed by atoms with van der Waals surface area (Å²) in [6.45, 7) is 4.68. The molecule has 3 nitrogen and oxygen atoms in total. The molecule has 1 fully saturated rings. The van der Waals surface area contributed by atoms with Crippen molar-refractivity contribution in [3.8, 4) is 0 Å². The number of fused-ring (bicyclic) bond motifs is 1. The smallest absolute Gasteiger partial charge is 0.0484 e. The Kier molecular flexibility index (Phi) is 3.87. The van der Waals surface area contributed by atoms with E-state index in [0.29, 0.717) is 0 Å². The van der Waals surface area contributed by atoms with Gasteiger partial charge in [-0.2, -0.15) is 0 Å². The first-order valence-corrected chi connectivity index (χ1v) is 7.44. The van der Waals surface area contributed by atoms with Gasteiger partial charge >= 0.3 is 0 Å². The second kappa shape index (κ2) is 5.61. The Bertz CT molecular complexity index is 425. The van der Waals surface area contributed by atoms with Crippen LogP contribution < -0.4 is 5.73 Å². The van der Waals surface area contributed by atoms with Crippen molar-refractivity contribution in [2.75, 3.05) is 26.3 Å². The molecule has 0 aliphatic carbocycles. The third-order valence-corrected chi connectivity index (χ3v) is 4.82. The van der Waals surface area contributed by atoms with Crippen LogP contribution in [0.2, 0.25) is 0 Å². The average Bonchev–Trinajstić information content (AvgIpc) is 2.73. The minimum Gasteiger partial charge on any atom is -0.381 e. The van der Waals surface area contributed by atoms with Crippen molar-refractivity contribution in [2.45, 2.75) is 37.8 Å². The van der Waals surface area contributed by atoms with E-state index < -0.39 is 0 Å². The van der Waals surface area contributed by atoms with Gasteiger partial charge < -0.3 is 10.5 Å². The number of nitrogens with two attached hydrogens (primary N) is 1. The molecule has 0 radical (unpaired) electrons. The van der Waals surface area contributed by atoms with Crippen molar-refractivity contribution in [1.82, 2.24) is 4.90 Å². The summed E-state index contributed by atoms with van der Waals surface area (Å²) < 4.78 is 5.63.